The highest BCUT2D eigenvalue weighted by Gasteiger charge is 2.16. The van der Waals surface area contributed by atoms with Gasteiger partial charge in [0.2, 0.25) is 0 Å². The zero-order valence-electron chi connectivity index (χ0n) is 17.4. The average molecular weight is 487 g/mol. The second kappa shape index (κ2) is 11.2. The van der Waals surface area contributed by atoms with Gasteiger partial charge in [0.15, 0.2) is 11.5 Å². The zero-order chi connectivity index (χ0) is 23.0. The van der Waals surface area contributed by atoms with E-state index in [0.717, 1.165) is 6.42 Å². The number of nitrogens with one attached hydrogen (secondary N) is 1. The Hall–Kier alpha value is -3.31. The number of nitriles is 1. The van der Waals surface area contributed by atoms with Crippen molar-refractivity contribution in [3.05, 3.63) is 57.6 Å². The van der Waals surface area contributed by atoms with Crippen LogP contribution in [0.5, 0.6) is 11.5 Å². The summed E-state index contributed by atoms with van der Waals surface area (Å²) in [4.78, 5) is 23.7. The molecular weight excluding hydrogens is 464 g/mol. The first-order chi connectivity index (χ1) is 14.8. The summed E-state index contributed by atoms with van der Waals surface area (Å²) in [5.41, 5.74) is 0.727. The molecule has 0 bridgehead atoms. The van der Waals surface area contributed by atoms with Crippen LogP contribution in [0, 0.1) is 11.3 Å². The second-order valence-corrected chi connectivity index (χ2v) is 7.46. The highest BCUT2D eigenvalue weighted by Crippen LogP contribution is 2.38. The first-order valence-corrected chi connectivity index (χ1v) is 10.5. The van der Waals surface area contributed by atoms with Crippen LogP contribution < -0.4 is 14.8 Å². The van der Waals surface area contributed by atoms with Crippen molar-refractivity contribution in [1.82, 2.24) is 0 Å². The summed E-state index contributed by atoms with van der Waals surface area (Å²) in [7, 11) is 0. The molecule has 0 unspecified atom stereocenters. The Kier molecular flexibility index (Phi) is 8.64. The summed E-state index contributed by atoms with van der Waals surface area (Å²) < 4.78 is 12.3. The summed E-state index contributed by atoms with van der Waals surface area (Å²) in [5.74, 6) is -0.712. The first kappa shape index (κ1) is 24.0. The van der Waals surface area contributed by atoms with Gasteiger partial charge in [-0.25, -0.2) is 4.79 Å². The summed E-state index contributed by atoms with van der Waals surface area (Å²) in [6, 6.07) is 11.1. The van der Waals surface area contributed by atoms with Crippen LogP contribution in [0.2, 0.25) is 0 Å². The molecule has 1 atom stereocenters. The number of rotatable bonds is 9. The number of hydrogen-bond donors (Lipinski definition) is 2. The number of amides is 1. The minimum Gasteiger partial charge on any atom is -0.490 e. The number of ether oxygens (including phenoxy) is 2. The fourth-order valence-corrected chi connectivity index (χ4v) is 3.13. The second-order valence-electron chi connectivity index (χ2n) is 6.61. The number of aromatic carboxylic acids is 1. The van der Waals surface area contributed by atoms with Crippen molar-refractivity contribution in [3.63, 3.8) is 0 Å². The molecule has 0 heterocycles. The van der Waals surface area contributed by atoms with E-state index >= 15 is 0 Å². The van der Waals surface area contributed by atoms with Gasteiger partial charge in [-0.2, -0.15) is 5.26 Å². The van der Waals surface area contributed by atoms with Crippen molar-refractivity contribution >= 4 is 39.6 Å². The molecule has 31 heavy (non-hydrogen) atoms. The highest BCUT2D eigenvalue weighted by atomic mass is 79.9. The Morgan fingerprint density at radius 3 is 2.65 bits per heavy atom. The Labute approximate surface area is 189 Å². The molecule has 2 rings (SSSR count). The maximum absolute atomic E-state index is 12.6. The molecule has 0 aliphatic rings. The van der Waals surface area contributed by atoms with Gasteiger partial charge in [0.05, 0.1) is 22.7 Å². The van der Waals surface area contributed by atoms with E-state index in [1.54, 1.807) is 18.2 Å². The third-order valence-electron chi connectivity index (χ3n) is 4.27. The van der Waals surface area contributed by atoms with E-state index in [9.17, 15) is 14.9 Å². The van der Waals surface area contributed by atoms with E-state index in [4.69, 9.17) is 14.6 Å². The number of carbonyl (C=O) groups excluding carboxylic acids is 1. The molecule has 0 spiro atoms. The third-order valence-corrected chi connectivity index (χ3v) is 4.86. The summed E-state index contributed by atoms with van der Waals surface area (Å²) >= 11 is 3.48. The van der Waals surface area contributed by atoms with Crippen molar-refractivity contribution in [2.75, 3.05) is 11.9 Å². The fourth-order valence-electron chi connectivity index (χ4n) is 2.58. The molecule has 0 saturated carbocycles. The number of anilines is 1. The zero-order valence-corrected chi connectivity index (χ0v) is 19.0. The molecule has 7 nitrogen and oxygen atoms in total. The Balaban J connectivity index is 2.34. The summed E-state index contributed by atoms with van der Waals surface area (Å²) in [5, 5.41) is 21.1. The standard InChI is InChI=1S/C23H23BrN2O5/c1-4-14(3)31-21-19(24)10-15(11-20(21)30-5-2)9-17(13-25)22(27)26-18-8-6-7-16(12-18)23(28)29/h6-12,14H,4-5H2,1-3H3,(H,26,27)(H,28,29)/b17-9-/t14-/m1/s1. The number of halogens is 1. The topological polar surface area (TPSA) is 109 Å². The van der Waals surface area contributed by atoms with Gasteiger partial charge >= 0.3 is 5.97 Å². The van der Waals surface area contributed by atoms with E-state index in [1.165, 1.54) is 24.3 Å². The molecule has 2 aromatic rings. The molecule has 0 aromatic heterocycles. The van der Waals surface area contributed by atoms with Crippen LogP contribution in [0.15, 0.2) is 46.4 Å². The number of hydrogen-bond acceptors (Lipinski definition) is 5. The van der Waals surface area contributed by atoms with Crippen molar-refractivity contribution in [2.24, 2.45) is 0 Å². The number of carbonyl (C=O) groups is 2. The molecule has 2 aromatic carbocycles. The Morgan fingerprint density at radius 2 is 2.03 bits per heavy atom. The van der Waals surface area contributed by atoms with Crippen molar-refractivity contribution < 1.29 is 24.2 Å². The van der Waals surface area contributed by atoms with Crippen LogP contribution >= 0.6 is 15.9 Å². The first-order valence-electron chi connectivity index (χ1n) is 9.68. The smallest absolute Gasteiger partial charge is 0.335 e. The molecule has 162 valence electrons. The molecule has 0 aliphatic heterocycles. The molecule has 8 heteroatoms. The van der Waals surface area contributed by atoms with Gasteiger partial charge in [-0.15, -0.1) is 0 Å². The van der Waals surface area contributed by atoms with Crippen LogP contribution in [0.3, 0.4) is 0 Å². The fraction of sp³-hybridized carbons (Fsp3) is 0.261. The maximum atomic E-state index is 12.6. The number of carboxylic acids is 1. The average Bonchev–Trinajstić information content (AvgIpc) is 2.74. The summed E-state index contributed by atoms with van der Waals surface area (Å²) in [6.45, 7) is 6.23. The van der Waals surface area contributed by atoms with E-state index in [1.807, 2.05) is 26.8 Å². The van der Waals surface area contributed by atoms with E-state index in [2.05, 4.69) is 21.2 Å². The van der Waals surface area contributed by atoms with E-state index in [-0.39, 0.29) is 22.9 Å². The monoisotopic (exact) mass is 486 g/mol. The SMILES string of the molecule is CCOc1cc(/C=C(/C#N)C(=O)Nc2cccc(C(=O)O)c2)cc(Br)c1O[C@H](C)CC. The highest BCUT2D eigenvalue weighted by molar-refractivity contribution is 9.10. The van der Waals surface area contributed by atoms with Crippen LogP contribution in [-0.2, 0) is 4.79 Å². The quantitative estimate of drug-likeness (QED) is 0.369. The van der Waals surface area contributed by atoms with Crippen LogP contribution in [0.4, 0.5) is 5.69 Å². The molecule has 0 saturated heterocycles. The minimum absolute atomic E-state index is 0.0149. The molecule has 2 N–H and O–H groups in total. The van der Waals surface area contributed by atoms with E-state index < -0.39 is 11.9 Å². The van der Waals surface area contributed by atoms with Crippen LogP contribution in [0.25, 0.3) is 6.08 Å². The lowest BCUT2D eigenvalue weighted by Crippen LogP contribution is -2.14. The lowest BCUT2D eigenvalue weighted by molar-refractivity contribution is -0.112. The lowest BCUT2D eigenvalue weighted by Gasteiger charge is -2.18. The predicted octanol–water partition coefficient (Wildman–Crippen LogP) is 5.27. The number of nitrogens with zero attached hydrogens (tertiary/aromatic N) is 1. The van der Waals surface area contributed by atoms with Crippen LogP contribution in [-0.4, -0.2) is 29.7 Å². The largest absolute Gasteiger partial charge is 0.490 e. The van der Waals surface area contributed by atoms with Gasteiger partial charge in [0, 0.05) is 5.69 Å². The van der Waals surface area contributed by atoms with Gasteiger partial charge in [0.25, 0.3) is 5.91 Å². The molecule has 1 amide bonds. The van der Waals surface area contributed by atoms with Gasteiger partial charge in [0.1, 0.15) is 11.6 Å². The van der Waals surface area contributed by atoms with Gasteiger partial charge in [-0.05, 0) is 78.2 Å². The van der Waals surface area contributed by atoms with Crippen molar-refractivity contribution in [3.8, 4) is 17.6 Å². The van der Waals surface area contributed by atoms with Gasteiger partial charge in [-0.1, -0.05) is 13.0 Å². The molecule has 0 aliphatic carbocycles. The third kappa shape index (κ3) is 6.59. The van der Waals surface area contributed by atoms with E-state index in [0.29, 0.717) is 28.1 Å². The van der Waals surface area contributed by atoms with Gasteiger partial charge < -0.3 is 19.9 Å². The molecule has 0 fully saturated rings. The normalized spacial score (nSPS) is 11.9. The molecule has 0 radical (unpaired) electrons. The molecular formula is C23H23BrN2O5. The Morgan fingerprint density at radius 1 is 1.29 bits per heavy atom. The maximum Gasteiger partial charge on any atom is 0.335 e. The van der Waals surface area contributed by atoms with Crippen molar-refractivity contribution in [2.45, 2.75) is 33.3 Å². The minimum atomic E-state index is -1.11. The van der Waals surface area contributed by atoms with Crippen molar-refractivity contribution in [1.29, 1.82) is 5.26 Å². The summed E-state index contributed by atoms with van der Waals surface area (Å²) in [6.07, 6.45) is 2.23. The Bertz CT molecular complexity index is 1040. The van der Waals surface area contributed by atoms with Crippen LogP contribution in [0.1, 0.15) is 43.1 Å². The lowest BCUT2D eigenvalue weighted by atomic mass is 10.1. The number of benzene rings is 2. The number of carboxylic acid groups (broad SMARTS) is 1. The van der Waals surface area contributed by atoms with Gasteiger partial charge in [-0.3, -0.25) is 4.79 Å². The predicted molar refractivity (Wildman–Crippen MR) is 121 cm³/mol.